The fraction of sp³-hybridized carbons (Fsp3) is 0.480. The van der Waals surface area contributed by atoms with Crippen molar-refractivity contribution >= 4 is 27.5 Å². The number of carbonyl (C=O) groups excluding carboxylic acids is 1. The Balaban J connectivity index is 1.52. The van der Waals surface area contributed by atoms with Gasteiger partial charge in [-0.2, -0.15) is 4.31 Å². The number of amides is 1. The van der Waals surface area contributed by atoms with Crippen molar-refractivity contribution in [3.63, 3.8) is 0 Å². The van der Waals surface area contributed by atoms with E-state index in [2.05, 4.69) is 30.4 Å². The molecule has 2 aromatic carbocycles. The van der Waals surface area contributed by atoms with Crippen molar-refractivity contribution in [3.05, 3.63) is 63.7 Å². The van der Waals surface area contributed by atoms with Crippen LogP contribution in [0.25, 0.3) is 0 Å². The second-order valence-corrected chi connectivity index (χ2v) is 11.5. The molecule has 4 rings (SSSR count). The minimum atomic E-state index is -3.65. The van der Waals surface area contributed by atoms with E-state index in [-0.39, 0.29) is 27.4 Å². The van der Waals surface area contributed by atoms with E-state index in [4.69, 9.17) is 11.6 Å². The van der Waals surface area contributed by atoms with Crippen LogP contribution in [-0.2, 0) is 22.9 Å². The molecule has 1 aliphatic carbocycles. The molecule has 2 aromatic rings. The molecule has 1 aliphatic heterocycles. The van der Waals surface area contributed by atoms with Crippen LogP contribution in [0.3, 0.4) is 0 Å². The van der Waals surface area contributed by atoms with Crippen LogP contribution >= 0.6 is 11.6 Å². The molecule has 172 valence electrons. The summed E-state index contributed by atoms with van der Waals surface area (Å²) in [5, 5.41) is 3.23. The number of sulfonamides is 1. The predicted octanol–water partition coefficient (Wildman–Crippen LogP) is 5.13. The third-order valence-corrected chi connectivity index (χ3v) is 9.01. The number of nitrogens with one attached hydrogen (secondary N) is 1. The average molecular weight is 475 g/mol. The summed E-state index contributed by atoms with van der Waals surface area (Å²) in [6, 6.07) is 10.6. The third-order valence-electron chi connectivity index (χ3n) is 6.78. The lowest BCUT2D eigenvalue weighted by atomic mass is 9.89. The fourth-order valence-corrected chi connectivity index (χ4v) is 6.29. The Morgan fingerprint density at radius 1 is 1.06 bits per heavy atom. The van der Waals surface area contributed by atoms with Gasteiger partial charge >= 0.3 is 0 Å². The number of rotatable bonds is 5. The second-order valence-electron chi connectivity index (χ2n) is 9.16. The van der Waals surface area contributed by atoms with Gasteiger partial charge in [-0.15, -0.1) is 0 Å². The summed E-state index contributed by atoms with van der Waals surface area (Å²) in [6.07, 6.45) is 6.31. The Kier molecular flexibility index (Phi) is 6.94. The first-order valence-corrected chi connectivity index (χ1v) is 13.3. The minimum Gasteiger partial charge on any atom is -0.345 e. The zero-order valence-electron chi connectivity index (χ0n) is 18.7. The quantitative estimate of drug-likeness (QED) is 0.653. The molecule has 0 unspecified atom stereocenters. The van der Waals surface area contributed by atoms with E-state index in [0.29, 0.717) is 19.0 Å². The van der Waals surface area contributed by atoms with Gasteiger partial charge in [0.1, 0.15) is 0 Å². The van der Waals surface area contributed by atoms with Crippen molar-refractivity contribution in [1.29, 1.82) is 0 Å². The molecule has 1 fully saturated rings. The Morgan fingerprint density at radius 2 is 1.75 bits per heavy atom. The van der Waals surface area contributed by atoms with Gasteiger partial charge in [0.15, 0.2) is 0 Å². The summed E-state index contributed by atoms with van der Waals surface area (Å²) in [5.74, 6) is 0.155. The summed E-state index contributed by atoms with van der Waals surface area (Å²) in [4.78, 5) is 13.1. The van der Waals surface area contributed by atoms with Crippen LogP contribution < -0.4 is 5.32 Å². The van der Waals surface area contributed by atoms with Crippen molar-refractivity contribution in [2.24, 2.45) is 5.92 Å². The van der Waals surface area contributed by atoms with Crippen molar-refractivity contribution in [1.82, 2.24) is 9.62 Å². The summed E-state index contributed by atoms with van der Waals surface area (Å²) < 4.78 is 27.7. The Hall–Kier alpha value is -1.89. The van der Waals surface area contributed by atoms with E-state index in [9.17, 15) is 13.2 Å². The highest BCUT2D eigenvalue weighted by atomic mass is 35.5. The molecule has 1 N–H and O–H groups in total. The summed E-state index contributed by atoms with van der Waals surface area (Å²) in [7, 11) is -3.65. The molecule has 1 heterocycles. The van der Waals surface area contributed by atoms with Gasteiger partial charge in [0, 0.05) is 13.1 Å². The lowest BCUT2D eigenvalue weighted by molar-refractivity contribution is 0.0940. The van der Waals surface area contributed by atoms with Crippen molar-refractivity contribution < 1.29 is 13.2 Å². The summed E-state index contributed by atoms with van der Waals surface area (Å²) >= 11 is 6.30. The van der Waals surface area contributed by atoms with Crippen molar-refractivity contribution in [3.8, 4) is 0 Å². The highest BCUT2D eigenvalue weighted by Gasteiger charge is 2.29. The largest absolute Gasteiger partial charge is 0.345 e. The number of benzene rings is 2. The zero-order chi connectivity index (χ0) is 22.9. The minimum absolute atomic E-state index is 0.114. The van der Waals surface area contributed by atoms with Crippen LogP contribution in [0.4, 0.5) is 0 Å². The average Bonchev–Trinajstić information content (AvgIpc) is 2.79. The molecule has 5 nitrogen and oxygen atoms in total. The Bertz CT molecular complexity index is 1110. The molecule has 0 saturated carbocycles. The van der Waals surface area contributed by atoms with E-state index < -0.39 is 10.0 Å². The summed E-state index contributed by atoms with van der Waals surface area (Å²) in [5.41, 5.74) is 3.98. The number of hydrogen-bond donors (Lipinski definition) is 1. The maximum atomic E-state index is 13.1. The molecule has 0 spiro atoms. The van der Waals surface area contributed by atoms with Gasteiger partial charge in [-0.05, 0) is 86.3 Å². The van der Waals surface area contributed by atoms with Gasteiger partial charge in [-0.3, -0.25) is 4.79 Å². The lowest BCUT2D eigenvalue weighted by Gasteiger charge is -2.29. The van der Waals surface area contributed by atoms with Crippen LogP contribution in [0.1, 0.15) is 72.6 Å². The monoisotopic (exact) mass is 474 g/mol. The van der Waals surface area contributed by atoms with Gasteiger partial charge in [-0.25, -0.2) is 8.42 Å². The molecular formula is C25H31ClN2O3S. The van der Waals surface area contributed by atoms with E-state index >= 15 is 0 Å². The highest BCUT2D eigenvalue weighted by molar-refractivity contribution is 7.89. The first-order chi connectivity index (χ1) is 15.3. The molecule has 1 amide bonds. The van der Waals surface area contributed by atoms with Gasteiger partial charge in [-0.1, -0.05) is 36.7 Å². The fourth-order valence-electron chi connectivity index (χ4n) is 4.59. The maximum Gasteiger partial charge on any atom is 0.253 e. The van der Waals surface area contributed by atoms with E-state index in [1.54, 1.807) is 0 Å². The molecule has 2 aliphatic rings. The van der Waals surface area contributed by atoms with Gasteiger partial charge in [0.25, 0.3) is 5.91 Å². The Morgan fingerprint density at radius 3 is 2.47 bits per heavy atom. The second kappa shape index (κ2) is 9.54. The van der Waals surface area contributed by atoms with Gasteiger partial charge in [0.05, 0.1) is 21.5 Å². The van der Waals surface area contributed by atoms with Gasteiger partial charge < -0.3 is 5.32 Å². The van der Waals surface area contributed by atoms with Crippen LogP contribution in [0, 0.1) is 5.92 Å². The lowest BCUT2D eigenvalue weighted by Crippen LogP contribution is -2.38. The normalized spacial score (nSPS) is 18.7. The highest BCUT2D eigenvalue weighted by Crippen LogP contribution is 2.28. The molecule has 0 aromatic heterocycles. The molecule has 0 bridgehead atoms. The number of hydrogen-bond acceptors (Lipinski definition) is 3. The van der Waals surface area contributed by atoms with Crippen molar-refractivity contribution in [2.75, 3.05) is 13.1 Å². The smallest absolute Gasteiger partial charge is 0.253 e. The first kappa shape index (κ1) is 23.3. The number of halogens is 1. The van der Waals surface area contributed by atoms with Gasteiger partial charge in [0.2, 0.25) is 10.0 Å². The standard InChI is InChI=1S/C25H31ClN2O3S/c1-17-11-13-28(14-12-17)32(30,31)22-9-10-24(26)23(16-22)25(29)27-18(2)20-8-7-19-5-3-4-6-21(19)15-20/h7-10,15-18H,3-6,11-14H2,1-2H3,(H,27,29)/t18-/m1/s1. The molecule has 7 heteroatoms. The zero-order valence-corrected chi connectivity index (χ0v) is 20.3. The number of carbonyl (C=O) groups is 1. The van der Waals surface area contributed by atoms with E-state index in [0.717, 1.165) is 31.2 Å². The molecular weight excluding hydrogens is 444 g/mol. The summed E-state index contributed by atoms with van der Waals surface area (Å²) in [6.45, 7) is 5.08. The number of piperidine rings is 1. The topological polar surface area (TPSA) is 66.5 Å². The SMILES string of the molecule is CC1CCN(S(=O)(=O)c2ccc(Cl)c(C(=O)N[C@H](C)c3ccc4c(c3)CCCC4)c2)CC1. The predicted molar refractivity (Wildman–Crippen MR) is 128 cm³/mol. The molecule has 1 saturated heterocycles. The number of nitrogens with zero attached hydrogens (tertiary/aromatic N) is 1. The van der Waals surface area contributed by atoms with Crippen LogP contribution in [0.2, 0.25) is 5.02 Å². The Labute approximate surface area is 196 Å². The van der Waals surface area contributed by atoms with Crippen LogP contribution in [-0.4, -0.2) is 31.7 Å². The number of aryl methyl sites for hydroxylation is 2. The first-order valence-electron chi connectivity index (χ1n) is 11.5. The van der Waals surface area contributed by atoms with Crippen LogP contribution in [0.5, 0.6) is 0 Å². The van der Waals surface area contributed by atoms with E-state index in [1.807, 2.05) is 6.92 Å². The van der Waals surface area contributed by atoms with Crippen molar-refractivity contribution in [2.45, 2.75) is 63.3 Å². The maximum absolute atomic E-state index is 13.1. The number of fused-ring (bicyclic) bond motifs is 1. The molecule has 32 heavy (non-hydrogen) atoms. The molecule has 0 radical (unpaired) electrons. The third kappa shape index (κ3) is 4.87. The van der Waals surface area contributed by atoms with Crippen LogP contribution in [0.15, 0.2) is 41.3 Å². The van der Waals surface area contributed by atoms with E-state index in [1.165, 1.54) is 46.5 Å². The molecule has 1 atom stereocenters.